The first-order valence-electron chi connectivity index (χ1n) is 7.98. The Hall–Kier alpha value is -3.55. The summed E-state index contributed by atoms with van der Waals surface area (Å²) < 4.78 is 22.6. The van der Waals surface area contributed by atoms with Gasteiger partial charge in [-0.25, -0.2) is 4.39 Å². The molecule has 1 heterocycles. The van der Waals surface area contributed by atoms with Crippen LogP contribution < -0.4 is 0 Å². The van der Waals surface area contributed by atoms with E-state index in [1.165, 1.54) is 37.4 Å². The standard InChI is InChI=1S/C19H16FN3O4/c1-26-18(24)16(19(25)27-2)17-14-5-3-4-6-15(14)22-23(17)21-11-12-7-9-13(20)10-8-12/h3-11,16H,1-2H3. The Balaban J connectivity index is 2.14. The van der Waals surface area contributed by atoms with Crippen LogP contribution in [0.25, 0.3) is 10.9 Å². The fourth-order valence-electron chi connectivity index (χ4n) is 2.63. The summed E-state index contributed by atoms with van der Waals surface area (Å²) in [6.07, 6.45) is 1.44. The van der Waals surface area contributed by atoms with Gasteiger partial charge in [-0.1, -0.05) is 30.3 Å². The molecule has 0 aliphatic rings. The molecule has 0 fully saturated rings. The highest BCUT2D eigenvalue weighted by molar-refractivity contribution is 6.04. The Bertz CT molecular complexity index is 995. The number of carbonyl (C=O) groups excluding carboxylic acids is 2. The van der Waals surface area contributed by atoms with Crippen molar-refractivity contribution in [3.8, 4) is 0 Å². The molecule has 0 aliphatic carbocycles. The van der Waals surface area contributed by atoms with Gasteiger partial charge in [0.1, 0.15) is 5.82 Å². The SMILES string of the molecule is COC(=O)C(C(=O)OC)c1c2ccccc2nn1N=Cc1ccc(F)cc1. The molecule has 0 amide bonds. The van der Waals surface area contributed by atoms with Gasteiger partial charge in [0.15, 0.2) is 5.92 Å². The second kappa shape index (κ2) is 7.77. The van der Waals surface area contributed by atoms with Crippen LogP contribution in [-0.2, 0) is 19.1 Å². The highest BCUT2D eigenvalue weighted by Crippen LogP contribution is 2.28. The van der Waals surface area contributed by atoms with Crippen LogP contribution in [0.2, 0.25) is 0 Å². The fourth-order valence-corrected chi connectivity index (χ4v) is 2.63. The Morgan fingerprint density at radius 2 is 1.70 bits per heavy atom. The highest BCUT2D eigenvalue weighted by Gasteiger charge is 2.36. The van der Waals surface area contributed by atoms with E-state index in [-0.39, 0.29) is 11.5 Å². The molecule has 0 unspecified atom stereocenters. The molecule has 0 bridgehead atoms. The second-order valence-corrected chi connectivity index (χ2v) is 5.57. The molecule has 0 saturated heterocycles. The summed E-state index contributed by atoms with van der Waals surface area (Å²) >= 11 is 0. The Kier molecular flexibility index (Phi) is 5.25. The normalized spacial score (nSPS) is 11.3. The predicted octanol–water partition coefficient (Wildman–Crippen LogP) is 2.49. The van der Waals surface area contributed by atoms with Gasteiger partial charge in [0.05, 0.1) is 31.6 Å². The van der Waals surface area contributed by atoms with Crippen molar-refractivity contribution in [1.82, 2.24) is 9.89 Å². The van der Waals surface area contributed by atoms with Gasteiger partial charge in [0.25, 0.3) is 0 Å². The van der Waals surface area contributed by atoms with Crippen LogP contribution in [0.3, 0.4) is 0 Å². The predicted molar refractivity (Wildman–Crippen MR) is 95.9 cm³/mol. The van der Waals surface area contributed by atoms with Crippen molar-refractivity contribution in [2.45, 2.75) is 5.92 Å². The number of hydrogen-bond donors (Lipinski definition) is 0. The molecule has 1 aromatic heterocycles. The number of esters is 2. The summed E-state index contributed by atoms with van der Waals surface area (Å²) in [6.45, 7) is 0. The third-order valence-electron chi connectivity index (χ3n) is 3.93. The van der Waals surface area contributed by atoms with E-state index < -0.39 is 17.9 Å². The first kappa shape index (κ1) is 18.2. The van der Waals surface area contributed by atoms with E-state index in [1.807, 2.05) is 0 Å². The van der Waals surface area contributed by atoms with Crippen LogP contribution in [0, 0.1) is 5.82 Å². The van der Waals surface area contributed by atoms with Gasteiger partial charge in [-0.15, -0.1) is 0 Å². The summed E-state index contributed by atoms with van der Waals surface area (Å²) in [4.78, 5) is 25.7. The fraction of sp³-hybridized carbons (Fsp3) is 0.158. The van der Waals surface area contributed by atoms with E-state index in [2.05, 4.69) is 10.2 Å². The highest BCUT2D eigenvalue weighted by atomic mass is 19.1. The summed E-state index contributed by atoms with van der Waals surface area (Å²) in [5.74, 6) is -3.29. The maximum atomic E-state index is 13.1. The molecule has 0 atom stereocenters. The zero-order chi connectivity index (χ0) is 19.4. The minimum Gasteiger partial charge on any atom is -0.468 e. The Labute approximate surface area is 154 Å². The number of ether oxygens (including phenoxy) is 2. The number of halogens is 1. The number of fused-ring (bicyclic) bond motifs is 1. The number of benzene rings is 2. The number of carbonyl (C=O) groups is 2. The van der Waals surface area contributed by atoms with E-state index in [0.717, 1.165) is 0 Å². The Morgan fingerprint density at radius 1 is 1.07 bits per heavy atom. The number of nitrogens with zero attached hydrogens (tertiary/aromatic N) is 3. The average molecular weight is 369 g/mol. The van der Waals surface area contributed by atoms with E-state index >= 15 is 0 Å². The summed E-state index contributed by atoms with van der Waals surface area (Å²) in [7, 11) is 2.37. The third-order valence-corrected chi connectivity index (χ3v) is 3.93. The molecule has 0 saturated carbocycles. The average Bonchev–Trinajstić information content (AvgIpc) is 3.05. The van der Waals surface area contributed by atoms with Gasteiger partial charge in [0.2, 0.25) is 0 Å². The van der Waals surface area contributed by atoms with Crippen molar-refractivity contribution in [2.24, 2.45) is 5.10 Å². The minimum atomic E-state index is -1.35. The maximum absolute atomic E-state index is 13.1. The van der Waals surface area contributed by atoms with Gasteiger partial charge in [0, 0.05) is 5.39 Å². The monoisotopic (exact) mass is 369 g/mol. The van der Waals surface area contributed by atoms with Crippen molar-refractivity contribution >= 4 is 29.1 Å². The third kappa shape index (κ3) is 3.69. The molecule has 8 heteroatoms. The van der Waals surface area contributed by atoms with Gasteiger partial charge in [-0.3, -0.25) is 9.59 Å². The molecule has 0 aliphatic heterocycles. The number of aromatic nitrogens is 2. The molecule has 3 rings (SSSR count). The largest absolute Gasteiger partial charge is 0.468 e. The number of methoxy groups -OCH3 is 2. The smallest absolute Gasteiger partial charge is 0.326 e. The van der Waals surface area contributed by atoms with Crippen molar-refractivity contribution < 1.29 is 23.5 Å². The molecule has 0 radical (unpaired) electrons. The van der Waals surface area contributed by atoms with Crippen LogP contribution in [0.5, 0.6) is 0 Å². The van der Waals surface area contributed by atoms with Crippen molar-refractivity contribution in [3.05, 3.63) is 65.6 Å². The molecule has 2 aromatic carbocycles. The zero-order valence-corrected chi connectivity index (χ0v) is 14.6. The van der Waals surface area contributed by atoms with Crippen molar-refractivity contribution in [2.75, 3.05) is 14.2 Å². The molecule has 3 aromatic rings. The van der Waals surface area contributed by atoms with Crippen LogP contribution in [0.4, 0.5) is 4.39 Å². The lowest BCUT2D eigenvalue weighted by atomic mass is 10.0. The molecule has 27 heavy (non-hydrogen) atoms. The molecule has 0 spiro atoms. The molecule has 138 valence electrons. The zero-order valence-electron chi connectivity index (χ0n) is 14.6. The molecular weight excluding hydrogens is 353 g/mol. The number of hydrogen-bond acceptors (Lipinski definition) is 6. The van der Waals surface area contributed by atoms with Crippen molar-refractivity contribution in [3.63, 3.8) is 0 Å². The quantitative estimate of drug-likeness (QED) is 0.392. The lowest BCUT2D eigenvalue weighted by Gasteiger charge is -2.13. The summed E-state index contributed by atoms with van der Waals surface area (Å²) in [6, 6.07) is 12.7. The van der Waals surface area contributed by atoms with E-state index in [1.54, 1.807) is 36.4 Å². The van der Waals surface area contributed by atoms with Crippen LogP contribution >= 0.6 is 0 Å². The number of rotatable bonds is 5. The van der Waals surface area contributed by atoms with Crippen molar-refractivity contribution in [1.29, 1.82) is 0 Å². The first-order valence-corrected chi connectivity index (χ1v) is 7.98. The lowest BCUT2D eigenvalue weighted by molar-refractivity contribution is -0.154. The van der Waals surface area contributed by atoms with Gasteiger partial charge < -0.3 is 9.47 Å². The van der Waals surface area contributed by atoms with Gasteiger partial charge in [-0.2, -0.15) is 15.0 Å². The van der Waals surface area contributed by atoms with Crippen LogP contribution in [0.1, 0.15) is 17.2 Å². The van der Waals surface area contributed by atoms with E-state index in [4.69, 9.17) is 9.47 Å². The van der Waals surface area contributed by atoms with Gasteiger partial charge in [-0.05, 0) is 23.8 Å². The molecule has 0 N–H and O–H groups in total. The second-order valence-electron chi connectivity index (χ2n) is 5.57. The van der Waals surface area contributed by atoms with E-state index in [9.17, 15) is 14.0 Å². The molecule has 7 nitrogen and oxygen atoms in total. The molecular formula is C19H16FN3O4. The first-order chi connectivity index (χ1) is 13.0. The summed E-state index contributed by atoms with van der Waals surface area (Å²) in [5, 5.41) is 9.13. The summed E-state index contributed by atoms with van der Waals surface area (Å²) in [5.41, 5.74) is 1.39. The van der Waals surface area contributed by atoms with Gasteiger partial charge >= 0.3 is 11.9 Å². The van der Waals surface area contributed by atoms with Crippen LogP contribution in [0.15, 0.2) is 53.6 Å². The van der Waals surface area contributed by atoms with Crippen LogP contribution in [-0.4, -0.2) is 42.3 Å². The lowest BCUT2D eigenvalue weighted by Crippen LogP contribution is -2.26. The minimum absolute atomic E-state index is 0.225. The topological polar surface area (TPSA) is 82.8 Å². The van der Waals surface area contributed by atoms with E-state index in [0.29, 0.717) is 16.5 Å². The Morgan fingerprint density at radius 3 is 2.33 bits per heavy atom. The maximum Gasteiger partial charge on any atom is 0.326 e.